The fourth-order valence-corrected chi connectivity index (χ4v) is 3.05. The van der Waals surface area contributed by atoms with Gasteiger partial charge in [0.1, 0.15) is 5.82 Å². The lowest BCUT2D eigenvalue weighted by atomic mass is 10.1. The van der Waals surface area contributed by atoms with Crippen molar-refractivity contribution in [2.45, 2.75) is 6.92 Å². The Bertz CT molecular complexity index is 1120. The van der Waals surface area contributed by atoms with Crippen LogP contribution in [0.4, 0.5) is 0 Å². The second kappa shape index (κ2) is 5.18. The van der Waals surface area contributed by atoms with Crippen LogP contribution in [0.5, 0.6) is 0 Å². The Labute approximate surface area is 137 Å². The minimum Gasteiger partial charge on any atom is -0.268 e. The zero-order chi connectivity index (χ0) is 16.0. The lowest BCUT2D eigenvalue weighted by Gasteiger charge is -2.13. The van der Waals surface area contributed by atoms with E-state index in [0.717, 1.165) is 10.9 Å². The van der Waals surface area contributed by atoms with Gasteiger partial charge in [0, 0.05) is 11.6 Å². The largest absolute Gasteiger partial charge is 0.268 e. The first-order valence-corrected chi connectivity index (χ1v) is 7.56. The van der Waals surface area contributed by atoms with Crippen molar-refractivity contribution in [3.8, 4) is 5.69 Å². The maximum atomic E-state index is 13.0. The summed E-state index contributed by atoms with van der Waals surface area (Å²) in [6.45, 7) is 1.80. The Kier molecular flexibility index (Phi) is 3.13. The quantitative estimate of drug-likeness (QED) is 0.500. The summed E-state index contributed by atoms with van der Waals surface area (Å²) in [4.78, 5) is 22.0. The van der Waals surface area contributed by atoms with Gasteiger partial charge < -0.3 is 0 Å². The van der Waals surface area contributed by atoms with Crippen LogP contribution in [0.25, 0.3) is 27.5 Å². The van der Waals surface area contributed by atoms with Crippen LogP contribution in [-0.2, 0) is 0 Å². The fraction of sp³-hybridized carbons (Fsp3) is 0.0556. The highest BCUT2D eigenvalue weighted by Crippen LogP contribution is 2.23. The number of pyridine rings is 1. The van der Waals surface area contributed by atoms with Crippen molar-refractivity contribution in [2.24, 2.45) is 0 Å². The number of hydrogen-bond acceptors (Lipinski definition) is 3. The number of aromatic nitrogens is 3. The zero-order valence-corrected chi connectivity index (χ0v) is 13.1. The topological polar surface area (TPSA) is 47.8 Å². The third-order valence-electron chi connectivity index (χ3n) is 3.88. The van der Waals surface area contributed by atoms with Gasteiger partial charge in [0.15, 0.2) is 0 Å². The molecule has 112 valence electrons. The molecule has 2 aromatic heterocycles. The van der Waals surface area contributed by atoms with Crippen molar-refractivity contribution in [3.05, 3.63) is 75.9 Å². The Morgan fingerprint density at radius 1 is 1.00 bits per heavy atom. The van der Waals surface area contributed by atoms with E-state index in [1.807, 2.05) is 36.4 Å². The predicted octanol–water partition coefficient (Wildman–Crippen LogP) is 3.90. The minimum atomic E-state index is -0.133. The smallest absolute Gasteiger partial charge is 0.266 e. The third-order valence-corrected chi connectivity index (χ3v) is 4.20. The van der Waals surface area contributed by atoms with E-state index in [2.05, 4.69) is 9.97 Å². The molecule has 0 aliphatic rings. The average molecular weight is 322 g/mol. The van der Waals surface area contributed by atoms with Crippen molar-refractivity contribution in [1.29, 1.82) is 0 Å². The minimum absolute atomic E-state index is 0.133. The molecule has 0 saturated carbocycles. The monoisotopic (exact) mass is 321 g/mol. The predicted molar refractivity (Wildman–Crippen MR) is 92.4 cm³/mol. The maximum absolute atomic E-state index is 13.0. The van der Waals surface area contributed by atoms with Crippen LogP contribution in [0, 0.1) is 6.92 Å². The molecule has 2 heterocycles. The first kappa shape index (κ1) is 13.9. The van der Waals surface area contributed by atoms with Crippen LogP contribution < -0.4 is 5.56 Å². The van der Waals surface area contributed by atoms with Crippen molar-refractivity contribution in [3.63, 3.8) is 0 Å². The molecule has 4 aromatic rings. The Balaban J connectivity index is 2.15. The molecule has 0 fully saturated rings. The van der Waals surface area contributed by atoms with E-state index >= 15 is 0 Å². The second-order valence-electron chi connectivity index (χ2n) is 5.28. The second-order valence-corrected chi connectivity index (χ2v) is 5.69. The standard InChI is InChI=1S/C18H12ClN3O/c1-11-21-17-12-5-4-10-20-15(12)9-8-13(17)18(23)22(11)16-7-3-2-6-14(16)19/h2-10H,1H3. The van der Waals surface area contributed by atoms with Crippen LogP contribution >= 0.6 is 11.6 Å². The molecule has 0 N–H and O–H groups in total. The molecule has 0 spiro atoms. The van der Waals surface area contributed by atoms with Crippen molar-refractivity contribution < 1.29 is 0 Å². The third kappa shape index (κ3) is 2.11. The molecular weight excluding hydrogens is 310 g/mol. The molecule has 0 aliphatic carbocycles. The number of nitrogens with zero attached hydrogens (tertiary/aromatic N) is 3. The van der Waals surface area contributed by atoms with E-state index < -0.39 is 0 Å². The lowest BCUT2D eigenvalue weighted by molar-refractivity contribution is 0.896. The molecule has 0 aliphatic heterocycles. The van der Waals surface area contributed by atoms with Gasteiger partial charge in [-0.3, -0.25) is 14.3 Å². The van der Waals surface area contributed by atoms with Crippen LogP contribution in [-0.4, -0.2) is 14.5 Å². The van der Waals surface area contributed by atoms with Gasteiger partial charge in [0.25, 0.3) is 5.56 Å². The maximum Gasteiger partial charge on any atom is 0.266 e. The van der Waals surface area contributed by atoms with Gasteiger partial charge in [-0.25, -0.2) is 4.98 Å². The molecule has 0 atom stereocenters. The fourth-order valence-electron chi connectivity index (χ4n) is 2.83. The van der Waals surface area contributed by atoms with E-state index in [1.54, 1.807) is 29.8 Å². The summed E-state index contributed by atoms with van der Waals surface area (Å²) in [6.07, 6.45) is 1.73. The first-order chi connectivity index (χ1) is 11.2. The van der Waals surface area contributed by atoms with E-state index in [1.165, 1.54) is 0 Å². The molecule has 0 saturated heterocycles. The van der Waals surface area contributed by atoms with E-state index in [0.29, 0.717) is 27.4 Å². The summed E-state index contributed by atoms with van der Waals surface area (Å²) < 4.78 is 1.55. The molecule has 0 radical (unpaired) electrons. The van der Waals surface area contributed by atoms with E-state index in [4.69, 9.17) is 11.6 Å². The first-order valence-electron chi connectivity index (χ1n) is 7.19. The molecule has 2 aromatic carbocycles. The summed E-state index contributed by atoms with van der Waals surface area (Å²) in [5.41, 5.74) is 1.99. The molecule has 5 heteroatoms. The van der Waals surface area contributed by atoms with Gasteiger partial charge >= 0.3 is 0 Å². The summed E-state index contributed by atoms with van der Waals surface area (Å²) in [5.74, 6) is 0.590. The summed E-state index contributed by atoms with van der Waals surface area (Å²) in [6, 6.07) is 14.6. The summed E-state index contributed by atoms with van der Waals surface area (Å²) >= 11 is 6.25. The molecule has 4 nitrogen and oxygen atoms in total. The molecular formula is C18H12ClN3O. The van der Waals surface area contributed by atoms with Gasteiger partial charge in [-0.2, -0.15) is 0 Å². The number of para-hydroxylation sites is 1. The van der Waals surface area contributed by atoms with Gasteiger partial charge in [-0.1, -0.05) is 23.7 Å². The van der Waals surface area contributed by atoms with Crippen molar-refractivity contribution in [1.82, 2.24) is 14.5 Å². The van der Waals surface area contributed by atoms with Gasteiger partial charge in [-0.15, -0.1) is 0 Å². The molecule has 0 bridgehead atoms. The number of fused-ring (bicyclic) bond motifs is 3. The molecule has 0 unspecified atom stereocenters. The van der Waals surface area contributed by atoms with Gasteiger partial charge in [0.2, 0.25) is 0 Å². The molecule has 0 amide bonds. The van der Waals surface area contributed by atoms with Crippen LogP contribution in [0.1, 0.15) is 5.82 Å². The van der Waals surface area contributed by atoms with Crippen LogP contribution in [0.15, 0.2) is 59.5 Å². The van der Waals surface area contributed by atoms with Crippen LogP contribution in [0.2, 0.25) is 5.02 Å². The molecule has 4 rings (SSSR count). The van der Waals surface area contributed by atoms with Gasteiger partial charge in [0.05, 0.1) is 27.1 Å². The summed E-state index contributed by atoms with van der Waals surface area (Å²) in [5, 5.41) is 1.94. The highest BCUT2D eigenvalue weighted by atomic mass is 35.5. The number of rotatable bonds is 1. The lowest BCUT2D eigenvalue weighted by Crippen LogP contribution is -2.22. The molecule has 23 heavy (non-hydrogen) atoms. The van der Waals surface area contributed by atoms with Crippen LogP contribution in [0.3, 0.4) is 0 Å². The van der Waals surface area contributed by atoms with Crippen molar-refractivity contribution >= 4 is 33.4 Å². The number of halogens is 1. The highest BCUT2D eigenvalue weighted by Gasteiger charge is 2.13. The normalized spacial score (nSPS) is 11.2. The average Bonchev–Trinajstić information content (AvgIpc) is 2.56. The number of aryl methyl sites for hydroxylation is 1. The van der Waals surface area contributed by atoms with E-state index in [9.17, 15) is 4.79 Å². The SMILES string of the molecule is Cc1nc2c(ccc3ncccc32)c(=O)n1-c1ccccc1Cl. The zero-order valence-electron chi connectivity index (χ0n) is 12.3. The Morgan fingerprint density at radius 3 is 2.65 bits per heavy atom. The Morgan fingerprint density at radius 2 is 1.83 bits per heavy atom. The highest BCUT2D eigenvalue weighted by molar-refractivity contribution is 6.32. The summed E-state index contributed by atoms with van der Waals surface area (Å²) in [7, 11) is 0. The Hall–Kier alpha value is -2.72. The van der Waals surface area contributed by atoms with E-state index in [-0.39, 0.29) is 5.56 Å². The van der Waals surface area contributed by atoms with Crippen molar-refractivity contribution in [2.75, 3.05) is 0 Å². The number of benzene rings is 2. The number of hydrogen-bond donors (Lipinski definition) is 0. The van der Waals surface area contributed by atoms with Gasteiger partial charge in [-0.05, 0) is 43.3 Å².